The average molecular weight is 341 g/mol. The summed E-state index contributed by atoms with van der Waals surface area (Å²) in [5.74, 6) is -0.359. The lowest BCUT2D eigenvalue weighted by molar-refractivity contribution is -0.112. The minimum absolute atomic E-state index is 0.131. The van der Waals surface area contributed by atoms with E-state index in [9.17, 15) is 10.1 Å². The van der Waals surface area contributed by atoms with Gasteiger partial charge in [0.2, 0.25) is 0 Å². The summed E-state index contributed by atoms with van der Waals surface area (Å²) < 4.78 is 0. The number of nitrogens with one attached hydrogen (secondary N) is 1. The summed E-state index contributed by atoms with van der Waals surface area (Å²) in [4.78, 5) is 16.8. The van der Waals surface area contributed by atoms with Crippen LogP contribution in [-0.2, 0) is 4.79 Å². The van der Waals surface area contributed by atoms with Gasteiger partial charge in [-0.2, -0.15) is 5.26 Å². The lowest BCUT2D eigenvalue weighted by atomic mass is 10.0. The van der Waals surface area contributed by atoms with E-state index in [1.54, 1.807) is 6.20 Å². The number of nitrogens with zero attached hydrogens (tertiary/aromatic N) is 3. The van der Waals surface area contributed by atoms with E-state index in [-0.39, 0.29) is 11.5 Å². The molecular formula is C19H27N5O. The molecule has 0 spiro atoms. The van der Waals surface area contributed by atoms with E-state index in [1.165, 1.54) is 0 Å². The monoisotopic (exact) mass is 341 g/mol. The van der Waals surface area contributed by atoms with Crippen LogP contribution in [0, 0.1) is 32.1 Å². The van der Waals surface area contributed by atoms with Crippen LogP contribution in [0.4, 0.5) is 5.69 Å². The molecule has 25 heavy (non-hydrogen) atoms. The van der Waals surface area contributed by atoms with E-state index in [2.05, 4.69) is 10.2 Å². The number of anilines is 1. The molecule has 0 unspecified atom stereocenters. The van der Waals surface area contributed by atoms with Crippen LogP contribution in [0.1, 0.15) is 16.7 Å². The highest BCUT2D eigenvalue weighted by Gasteiger charge is 2.17. The van der Waals surface area contributed by atoms with Gasteiger partial charge in [-0.15, -0.1) is 0 Å². The summed E-state index contributed by atoms with van der Waals surface area (Å²) >= 11 is 0. The highest BCUT2D eigenvalue weighted by molar-refractivity contribution is 6.07. The predicted molar refractivity (Wildman–Crippen MR) is 100 cm³/mol. The average Bonchev–Trinajstić information content (AvgIpc) is 2.57. The van der Waals surface area contributed by atoms with Crippen molar-refractivity contribution in [2.75, 3.05) is 44.6 Å². The Morgan fingerprint density at radius 1 is 1.24 bits per heavy atom. The number of carbonyl (C=O) groups excluding carboxylic acids is 1. The molecule has 0 atom stereocenters. The van der Waals surface area contributed by atoms with Gasteiger partial charge < -0.3 is 16.0 Å². The third-order valence-corrected chi connectivity index (χ3v) is 4.44. The zero-order valence-corrected chi connectivity index (χ0v) is 15.3. The summed E-state index contributed by atoms with van der Waals surface area (Å²) in [7, 11) is 0. The van der Waals surface area contributed by atoms with Crippen LogP contribution in [-0.4, -0.2) is 55.0 Å². The van der Waals surface area contributed by atoms with Gasteiger partial charge in [0.05, 0.1) is 0 Å². The summed E-state index contributed by atoms with van der Waals surface area (Å²) in [5.41, 5.74) is 9.64. The number of carbonyl (C=O) groups is 1. The van der Waals surface area contributed by atoms with Crippen molar-refractivity contribution in [2.45, 2.75) is 20.8 Å². The Morgan fingerprint density at radius 2 is 1.84 bits per heavy atom. The van der Waals surface area contributed by atoms with E-state index in [4.69, 9.17) is 5.73 Å². The Hall–Kier alpha value is -2.36. The zero-order valence-electron chi connectivity index (χ0n) is 15.3. The standard InChI is InChI=1S/C19H27N5O/c1-14-10-15(2)18(16(3)11-14)22-19(25)17(12-21)13-24-8-6-23(5-4-20)7-9-24/h10-11,13H,4-9,20H2,1-3H3,(H,22,25)/b17-13-. The fourth-order valence-electron chi connectivity index (χ4n) is 3.18. The van der Waals surface area contributed by atoms with Crippen LogP contribution in [0.25, 0.3) is 0 Å². The van der Waals surface area contributed by atoms with Crippen molar-refractivity contribution in [3.8, 4) is 6.07 Å². The molecule has 1 aliphatic heterocycles. The van der Waals surface area contributed by atoms with E-state index < -0.39 is 0 Å². The second-order valence-corrected chi connectivity index (χ2v) is 6.55. The molecule has 134 valence electrons. The molecule has 0 aliphatic carbocycles. The molecule has 0 aromatic heterocycles. The highest BCUT2D eigenvalue weighted by Crippen LogP contribution is 2.22. The maximum Gasteiger partial charge on any atom is 0.267 e. The molecule has 0 saturated carbocycles. The smallest absolute Gasteiger partial charge is 0.267 e. The Kier molecular flexibility index (Phi) is 6.57. The van der Waals surface area contributed by atoms with Gasteiger partial charge >= 0.3 is 0 Å². The molecule has 1 amide bonds. The van der Waals surface area contributed by atoms with Crippen molar-refractivity contribution in [3.63, 3.8) is 0 Å². The van der Waals surface area contributed by atoms with E-state index in [0.717, 1.165) is 55.1 Å². The van der Waals surface area contributed by atoms with E-state index in [1.807, 2.05) is 43.9 Å². The Balaban J connectivity index is 2.06. The maximum atomic E-state index is 12.5. The summed E-state index contributed by atoms with van der Waals surface area (Å²) in [6.07, 6.45) is 1.67. The lowest BCUT2D eigenvalue weighted by Gasteiger charge is -2.33. The summed E-state index contributed by atoms with van der Waals surface area (Å²) in [6.45, 7) is 10.9. The topological polar surface area (TPSA) is 85.4 Å². The first-order valence-corrected chi connectivity index (χ1v) is 8.62. The van der Waals surface area contributed by atoms with Crippen LogP contribution in [0.15, 0.2) is 23.9 Å². The van der Waals surface area contributed by atoms with Crippen LogP contribution in [0.2, 0.25) is 0 Å². The Labute approximate surface area is 149 Å². The SMILES string of the molecule is Cc1cc(C)c(NC(=O)/C(C#N)=C\N2CCN(CCN)CC2)c(C)c1. The van der Waals surface area contributed by atoms with Crippen molar-refractivity contribution >= 4 is 11.6 Å². The van der Waals surface area contributed by atoms with Crippen molar-refractivity contribution in [3.05, 3.63) is 40.6 Å². The number of nitriles is 1. The first-order valence-electron chi connectivity index (χ1n) is 8.62. The molecule has 1 heterocycles. The molecule has 3 N–H and O–H groups in total. The van der Waals surface area contributed by atoms with Gasteiger partial charge in [-0.05, 0) is 31.9 Å². The molecule has 1 aromatic rings. The molecule has 6 nitrogen and oxygen atoms in total. The van der Waals surface area contributed by atoms with Gasteiger partial charge in [-0.3, -0.25) is 9.69 Å². The molecular weight excluding hydrogens is 314 g/mol. The number of aryl methyl sites for hydroxylation is 3. The van der Waals surface area contributed by atoms with Gasteiger partial charge in [0.15, 0.2) is 0 Å². The zero-order chi connectivity index (χ0) is 18.4. The van der Waals surface area contributed by atoms with E-state index >= 15 is 0 Å². The maximum absolute atomic E-state index is 12.5. The van der Waals surface area contributed by atoms with Gasteiger partial charge in [-0.1, -0.05) is 17.7 Å². The second kappa shape index (κ2) is 8.65. The minimum Gasteiger partial charge on any atom is -0.374 e. The highest BCUT2D eigenvalue weighted by atomic mass is 16.1. The molecule has 0 radical (unpaired) electrons. The predicted octanol–water partition coefficient (Wildman–Crippen LogP) is 1.53. The fraction of sp³-hybridized carbons (Fsp3) is 0.474. The number of amides is 1. The third kappa shape index (κ3) is 5.05. The van der Waals surface area contributed by atoms with Gasteiger partial charge in [0.25, 0.3) is 5.91 Å². The Bertz CT molecular complexity index is 673. The van der Waals surface area contributed by atoms with E-state index in [0.29, 0.717) is 6.54 Å². The Morgan fingerprint density at radius 3 is 2.36 bits per heavy atom. The van der Waals surface area contributed by atoms with Crippen molar-refractivity contribution in [2.24, 2.45) is 5.73 Å². The molecule has 0 bridgehead atoms. The minimum atomic E-state index is -0.359. The quantitative estimate of drug-likeness (QED) is 0.627. The number of nitrogens with two attached hydrogens (primary N) is 1. The molecule has 6 heteroatoms. The van der Waals surface area contributed by atoms with Crippen LogP contribution in [0.3, 0.4) is 0 Å². The number of hydrogen-bond acceptors (Lipinski definition) is 5. The molecule has 1 aromatic carbocycles. The van der Waals surface area contributed by atoms with Gasteiger partial charge in [0.1, 0.15) is 11.6 Å². The molecule has 1 aliphatic rings. The fourth-order valence-corrected chi connectivity index (χ4v) is 3.18. The third-order valence-electron chi connectivity index (χ3n) is 4.44. The molecule has 1 fully saturated rings. The first-order chi connectivity index (χ1) is 11.9. The molecule has 2 rings (SSSR count). The lowest BCUT2D eigenvalue weighted by Crippen LogP contribution is -2.45. The van der Waals surface area contributed by atoms with Crippen LogP contribution >= 0.6 is 0 Å². The summed E-state index contributed by atoms with van der Waals surface area (Å²) in [6, 6.07) is 6.08. The van der Waals surface area contributed by atoms with Gasteiger partial charge in [-0.25, -0.2) is 0 Å². The largest absolute Gasteiger partial charge is 0.374 e. The number of piperazine rings is 1. The van der Waals surface area contributed by atoms with Crippen molar-refractivity contribution < 1.29 is 4.79 Å². The first kappa shape index (κ1) is 19.0. The summed E-state index contributed by atoms with van der Waals surface area (Å²) in [5, 5.41) is 12.3. The van der Waals surface area contributed by atoms with Crippen molar-refractivity contribution in [1.29, 1.82) is 5.26 Å². The van der Waals surface area contributed by atoms with Crippen LogP contribution in [0.5, 0.6) is 0 Å². The second-order valence-electron chi connectivity index (χ2n) is 6.55. The number of rotatable bonds is 5. The van der Waals surface area contributed by atoms with Crippen LogP contribution < -0.4 is 11.1 Å². The van der Waals surface area contributed by atoms with Crippen molar-refractivity contribution in [1.82, 2.24) is 9.80 Å². The number of hydrogen-bond donors (Lipinski definition) is 2. The molecule has 1 saturated heterocycles. The normalized spacial score (nSPS) is 15.8. The number of benzene rings is 1. The van der Waals surface area contributed by atoms with Gasteiger partial charge in [0, 0.05) is 51.2 Å².